The van der Waals surface area contributed by atoms with Crippen molar-refractivity contribution in [3.05, 3.63) is 102 Å². The Morgan fingerprint density at radius 3 is 2.48 bits per heavy atom. The summed E-state index contributed by atoms with van der Waals surface area (Å²) in [5, 5.41) is 6.26. The summed E-state index contributed by atoms with van der Waals surface area (Å²) in [5.74, 6) is 0.518. The van der Waals surface area contributed by atoms with E-state index in [4.69, 9.17) is 0 Å². The smallest absolute Gasteiger partial charge is 0.255 e. The van der Waals surface area contributed by atoms with Gasteiger partial charge in [0, 0.05) is 28.6 Å². The number of nitrogens with zero attached hydrogens (tertiary/aromatic N) is 2. The van der Waals surface area contributed by atoms with E-state index in [1.165, 1.54) is 24.0 Å². The third-order valence-electron chi connectivity index (χ3n) is 5.41. The molecule has 0 spiro atoms. The fraction of sp³-hybridized carbons (Fsp3) is 0.179. The van der Waals surface area contributed by atoms with Crippen LogP contribution in [0.2, 0.25) is 0 Å². The highest BCUT2D eigenvalue weighted by atomic mass is 16.1. The number of anilines is 3. The Kier molecular flexibility index (Phi) is 7.10. The summed E-state index contributed by atoms with van der Waals surface area (Å²) in [6, 6.07) is 25.5. The first-order chi connectivity index (χ1) is 16.1. The van der Waals surface area contributed by atoms with Gasteiger partial charge in [-0.15, -0.1) is 0 Å². The van der Waals surface area contributed by atoms with E-state index in [0.717, 1.165) is 29.1 Å². The van der Waals surface area contributed by atoms with Crippen molar-refractivity contribution in [1.29, 1.82) is 0 Å². The van der Waals surface area contributed by atoms with Gasteiger partial charge in [-0.05, 0) is 61.7 Å². The lowest BCUT2D eigenvalue weighted by atomic mass is 10.1. The molecular weight excluding hydrogens is 408 g/mol. The van der Waals surface area contributed by atoms with E-state index < -0.39 is 0 Å². The molecule has 0 radical (unpaired) electrons. The van der Waals surface area contributed by atoms with Crippen LogP contribution in [0.4, 0.5) is 17.2 Å². The fourth-order valence-electron chi connectivity index (χ4n) is 3.61. The average molecular weight is 437 g/mol. The van der Waals surface area contributed by atoms with E-state index in [1.54, 1.807) is 12.4 Å². The number of aromatic nitrogens is 2. The van der Waals surface area contributed by atoms with Crippen LogP contribution in [-0.2, 0) is 6.42 Å². The maximum absolute atomic E-state index is 12.8. The van der Waals surface area contributed by atoms with Crippen LogP contribution in [0.5, 0.6) is 0 Å². The summed E-state index contributed by atoms with van der Waals surface area (Å²) in [4.78, 5) is 21.5. The van der Waals surface area contributed by atoms with Crippen LogP contribution in [0.1, 0.15) is 41.3 Å². The summed E-state index contributed by atoms with van der Waals surface area (Å²) >= 11 is 0. The Labute approximate surface area is 194 Å². The van der Waals surface area contributed by atoms with Crippen molar-refractivity contribution in [3.8, 4) is 11.3 Å². The zero-order valence-corrected chi connectivity index (χ0v) is 19.0. The number of aryl methyl sites for hydroxylation is 2. The lowest BCUT2D eigenvalue weighted by molar-refractivity contribution is 0.102. The molecule has 4 aromatic rings. The topological polar surface area (TPSA) is 66.9 Å². The van der Waals surface area contributed by atoms with Crippen molar-refractivity contribution in [2.24, 2.45) is 0 Å². The van der Waals surface area contributed by atoms with E-state index in [2.05, 4.69) is 58.7 Å². The molecule has 166 valence electrons. The van der Waals surface area contributed by atoms with Crippen molar-refractivity contribution in [3.63, 3.8) is 0 Å². The summed E-state index contributed by atoms with van der Waals surface area (Å²) < 4.78 is 0. The summed E-state index contributed by atoms with van der Waals surface area (Å²) in [5.41, 5.74) is 6.49. The zero-order valence-electron chi connectivity index (χ0n) is 19.0. The molecule has 3 aromatic carbocycles. The molecule has 0 bridgehead atoms. The molecular formula is C28H28N4O. The van der Waals surface area contributed by atoms with Crippen LogP contribution in [0, 0.1) is 6.92 Å². The maximum Gasteiger partial charge on any atom is 0.255 e. The van der Waals surface area contributed by atoms with Gasteiger partial charge in [-0.3, -0.25) is 4.79 Å². The summed E-state index contributed by atoms with van der Waals surface area (Å²) in [6.45, 7) is 4.24. The van der Waals surface area contributed by atoms with Crippen LogP contribution in [0.25, 0.3) is 11.3 Å². The molecule has 0 aliphatic rings. The Morgan fingerprint density at radius 1 is 0.879 bits per heavy atom. The fourth-order valence-corrected chi connectivity index (χ4v) is 3.61. The Hall–Kier alpha value is -3.99. The molecule has 0 aliphatic heterocycles. The third kappa shape index (κ3) is 6.04. The van der Waals surface area contributed by atoms with Gasteiger partial charge in [-0.1, -0.05) is 55.3 Å². The number of carbonyl (C=O) groups excluding carboxylic acids is 1. The van der Waals surface area contributed by atoms with Crippen LogP contribution >= 0.6 is 0 Å². The molecule has 2 N–H and O–H groups in total. The minimum atomic E-state index is -0.150. The molecule has 4 rings (SSSR count). The minimum Gasteiger partial charge on any atom is -0.340 e. The van der Waals surface area contributed by atoms with Crippen LogP contribution in [-0.4, -0.2) is 15.9 Å². The van der Waals surface area contributed by atoms with Crippen LogP contribution < -0.4 is 10.6 Å². The minimum absolute atomic E-state index is 0.150. The Morgan fingerprint density at radius 2 is 1.70 bits per heavy atom. The second kappa shape index (κ2) is 10.6. The molecule has 5 heteroatoms. The quantitative estimate of drug-likeness (QED) is 0.319. The van der Waals surface area contributed by atoms with Crippen molar-refractivity contribution in [2.45, 2.75) is 33.1 Å². The molecule has 33 heavy (non-hydrogen) atoms. The number of amides is 1. The number of rotatable bonds is 8. The second-order valence-electron chi connectivity index (χ2n) is 8.12. The molecule has 5 nitrogen and oxygen atoms in total. The molecule has 1 amide bonds. The van der Waals surface area contributed by atoms with Crippen molar-refractivity contribution in [2.75, 3.05) is 10.6 Å². The van der Waals surface area contributed by atoms with Crippen molar-refractivity contribution >= 4 is 23.1 Å². The normalized spacial score (nSPS) is 10.6. The molecule has 0 atom stereocenters. The Balaban J connectivity index is 1.45. The van der Waals surface area contributed by atoms with E-state index >= 15 is 0 Å². The van der Waals surface area contributed by atoms with Gasteiger partial charge >= 0.3 is 0 Å². The summed E-state index contributed by atoms with van der Waals surface area (Å²) in [6.07, 6.45) is 4.95. The highest BCUT2D eigenvalue weighted by Gasteiger charge is 2.08. The average Bonchev–Trinajstić information content (AvgIpc) is 2.84. The second-order valence-corrected chi connectivity index (χ2v) is 8.12. The van der Waals surface area contributed by atoms with Crippen LogP contribution in [0.3, 0.4) is 0 Å². The molecule has 0 saturated heterocycles. The lowest BCUT2D eigenvalue weighted by Crippen LogP contribution is -2.12. The van der Waals surface area contributed by atoms with Gasteiger partial charge in [0.05, 0.1) is 5.69 Å². The monoisotopic (exact) mass is 436 g/mol. The number of nitrogens with one attached hydrogen (secondary N) is 2. The zero-order chi connectivity index (χ0) is 23.0. The van der Waals surface area contributed by atoms with Crippen molar-refractivity contribution < 1.29 is 4.79 Å². The lowest BCUT2D eigenvalue weighted by Gasteiger charge is -2.10. The predicted molar refractivity (Wildman–Crippen MR) is 135 cm³/mol. The van der Waals surface area contributed by atoms with E-state index in [-0.39, 0.29) is 5.91 Å². The molecule has 0 fully saturated rings. The number of carbonyl (C=O) groups is 1. The van der Waals surface area contributed by atoms with Gasteiger partial charge < -0.3 is 10.6 Å². The van der Waals surface area contributed by atoms with Gasteiger partial charge in [0.2, 0.25) is 0 Å². The van der Waals surface area contributed by atoms with Gasteiger partial charge in [-0.2, -0.15) is 0 Å². The van der Waals surface area contributed by atoms with Gasteiger partial charge in [0.1, 0.15) is 12.1 Å². The standard InChI is InChI=1S/C28H28N4O/c1-3-4-8-21-12-14-24(15-13-21)32-28(33)23-10-6-11-25(17-23)31-27-18-26(29-19-30-27)22-9-5-7-20(2)16-22/h5-7,9-19H,3-4,8H2,1-2H3,(H,32,33)(H,29,30,31). The predicted octanol–water partition coefficient (Wildman–Crippen LogP) is 6.79. The van der Waals surface area contributed by atoms with Gasteiger partial charge in [-0.25, -0.2) is 9.97 Å². The SMILES string of the molecule is CCCCc1ccc(NC(=O)c2cccc(Nc3cc(-c4cccc(C)c4)ncn3)c2)cc1. The number of unbranched alkanes of at least 4 members (excludes halogenated alkanes) is 1. The third-order valence-corrected chi connectivity index (χ3v) is 5.41. The first-order valence-corrected chi connectivity index (χ1v) is 11.3. The highest BCUT2D eigenvalue weighted by molar-refractivity contribution is 6.04. The number of benzene rings is 3. The Bertz CT molecular complexity index is 1230. The maximum atomic E-state index is 12.8. The molecule has 0 aliphatic carbocycles. The van der Waals surface area contributed by atoms with Gasteiger partial charge in [0.25, 0.3) is 5.91 Å². The molecule has 0 saturated carbocycles. The van der Waals surface area contributed by atoms with Crippen LogP contribution in [0.15, 0.2) is 85.2 Å². The van der Waals surface area contributed by atoms with Crippen molar-refractivity contribution in [1.82, 2.24) is 9.97 Å². The van der Waals surface area contributed by atoms with E-state index in [0.29, 0.717) is 11.4 Å². The highest BCUT2D eigenvalue weighted by Crippen LogP contribution is 2.23. The summed E-state index contributed by atoms with van der Waals surface area (Å²) in [7, 11) is 0. The molecule has 1 heterocycles. The van der Waals surface area contributed by atoms with E-state index in [9.17, 15) is 4.79 Å². The first kappa shape index (κ1) is 22.2. The van der Waals surface area contributed by atoms with Gasteiger partial charge in [0.15, 0.2) is 0 Å². The number of hydrogen-bond acceptors (Lipinski definition) is 4. The molecule has 0 unspecified atom stereocenters. The molecule has 1 aromatic heterocycles. The largest absolute Gasteiger partial charge is 0.340 e. The van der Waals surface area contributed by atoms with E-state index in [1.807, 2.05) is 48.5 Å². The number of hydrogen-bond donors (Lipinski definition) is 2. The first-order valence-electron chi connectivity index (χ1n) is 11.3.